The molecule has 5 saturated carbocycles. The second-order valence-electron chi connectivity index (χ2n) is 16.2. The lowest BCUT2D eigenvalue weighted by Gasteiger charge is -2.74. The molecule has 0 aromatic heterocycles. The molecule has 5 nitrogen and oxygen atoms in total. The number of carbonyl (C=O) groups excluding carboxylic acids is 1. The molecule has 0 radical (unpaired) electrons. The highest BCUT2D eigenvalue weighted by Crippen LogP contribution is 2.77. The molecule has 0 spiro atoms. The standard InChI is InChI=1S/C32H49NO4/c1-27(2)11-13-32(18-24(35)36)14-12-31(7)25(19(32)16-27)21(34)15-23-29(5)17-20(33-8)26(37)28(3,4)22(29)9-10-30(23,31)6/h19-23,25,34H,9-18H2,1-7H3,(H,35,36)/t19-,20?,21+,22-,23+,25-,29-,30+,31+,32+/m0/s1. The Morgan fingerprint density at radius 1 is 0.946 bits per heavy atom. The lowest BCUT2D eigenvalue weighted by Crippen LogP contribution is -2.70. The number of carbonyl (C=O) groups is 2. The maximum Gasteiger partial charge on any atom is 0.303 e. The average molecular weight is 512 g/mol. The van der Waals surface area contributed by atoms with Crippen molar-refractivity contribution in [2.75, 3.05) is 0 Å². The van der Waals surface area contributed by atoms with Gasteiger partial charge in [-0.2, -0.15) is 0 Å². The zero-order valence-corrected chi connectivity index (χ0v) is 24.2. The quantitative estimate of drug-likeness (QED) is 0.401. The van der Waals surface area contributed by atoms with Gasteiger partial charge in [-0.25, -0.2) is 6.57 Å². The Morgan fingerprint density at radius 3 is 2.22 bits per heavy atom. The van der Waals surface area contributed by atoms with Crippen molar-refractivity contribution < 1.29 is 19.8 Å². The van der Waals surface area contributed by atoms with E-state index in [1.165, 1.54) is 0 Å². The third kappa shape index (κ3) is 3.49. The number of carboxylic acid groups (broad SMARTS) is 1. The van der Waals surface area contributed by atoms with Gasteiger partial charge in [0.2, 0.25) is 5.78 Å². The van der Waals surface area contributed by atoms with Gasteiger partial charge in [-0.1, -0.05) is 48.5 Å². The number of hydrogen-bond donors (Lipinski definition) is 2. The lowest BCUT2D eigenvalue weighted by molar-refractivity contribution is -0.270. The van der Waals surface area contributed by atoms with Crippen LogP contribution in [0.4, 0.5) is 0 Å². The van der Waals surface area contributed by atoms with E-state index in [1.807, 2.05) is 0 Å². The fraction of sp³-hybridized carbons (Fsp3) is 0.906. The van der Waals surface area contributed by atoms with E-state index < -0.39 is 23.5 Å². The number of hydrogen-bond acceptors (Lipinski definition) is 3. The van der Waals surface area contributed by atoms with E-state index in [9.17, 15) is 19.8 Å². The summed E-state index contributed by atoms with van der Waals surface area (Å²) < 4.78 is 0. The third-order valence-electron chi connectivity index (χ3n) is 13.8. The first-order valence-corrected chi connectivity index (χ1v) is 14.8. The number of aliphatic hydroxyl groups excluding tert-OH is 1. The number of nitrogens with zero attached hydrogens (tertiary/aromatic N) is 1. The molecule has 0 aromatic rings. The molecule has 5 heteroatoms. The van der Waals surface area contributed by atoms with Crippen molar-refractivity contribution in [1.29, 1.82) is 0 Å². The molecule has 206 valence electrons. The SMILES string of the molecule is [C-]#[N+]C1C[C@]2(C)[C@H]3C[C@@H](O)[C@@H]4[C@@H]5CC(C)(C)CC[C@]5(CC(=O)O)CC[C@@]4(C)[C@]3(C)CC[C@H]2C(C)(C)C1=O. The summed E-state index contributed by atoms with van der Waals surface area (Å²) in [5.41, 5.74) is -0.864. The molecular weight excluding hydrogens is 462 g/mol. The summed E-state index contributed by atoms with van der Waals surface area (Å²) >= 11 is 0. The minimum atomic E-state index is -0.699. The Labute approximate surface area is 224 Å². The molecule has 0 bridgehead atoms. The molecule has 5 fully saturated rings. The van der Waals surface area contributed by atoms with Crippen molar-refractivity contribution in [1.82, 2.24) is 0 Å². The van der Waals surface area contributed by atoms with Crippen molar-refractivity contribution >= 4 is 11.8 Å². The summed E-state index contributed by atoms with van der Waals surface area (Å²) in [6.07, 6.45) is 7.96. The second kappa shape index (κ2) is 8.06. The van der Waals surface area contributed by atoms with Gasteiger partial charge in [0.25, 0.3) is 6.04 Å². The van der Waals surface area contributed by atoms with Crippen LogP contribution in [-0.2, 0) is 9.59 Å². The summed E-state index contributed by atoms with van der Waals surface area (Å²) in [7, 11) is 0. The van der Waals surface area contributed by atoms with Gasteiger partial charge in [0, 0.05) is 11.8 Å². The van der Waals surface area contributed by atoms with Crippen molar-refractivity contribution in [3.05, 3.63) is 11.4 Å². The summed E-state index contributed by atoms with van der Waals surface area (Å²) in [6, 6.07) is -0.588. The Kier molecular flexibility index (Phi) is 5.92. The topological polar surface area (TPSA) is 79.0 Å². The predicted molar refractivity (Wildman–Crippen MR) is 143 cm³/mol. The number of aliphatic carboxylic acids is 1. The van der Waals surface area contributed by atoms with E-state index in [1.54, 1.807) is 0 Å². The third-order valence-corrected chi connectivity index (χ3v) is 13.8. The van der Waals surface area contributed by atoms with Crippen LogP contribution < -0.4 is 0 Å². The van der Waals surface area contributed by atoms with Gasteiger partial charge in [-0.05, 0) is 102 Å². The van der Waals surface area contributed by atoms with E-state index in [-0.39, 0.29) is 63.0 Å². The molecule has 5 aliphatic rings. The predicted octanol–water partition coefficient (Wildman–Crippen LogP) is 6.78. The van der Waals surface area contributed by atoms with Gasteiger partial charge < -0.3 is 15.1 Å². The minimum absolute atomic E-state index is 0.0117. The molecule has 1 unspecified atom stereocenters. The Morgan fingerprint density at radius 2 is 1.59 bits per heavy atom. The molecule has 0 aromatic carbocycles. The summed E-state index contributed by atoms with van der Waals surface area (Å²) in [4.78, 5) is 29.3. The summed E-state index contributed by atoms with van der Waals surface area (Å²) in [6.45, 7) is 23.8. The fourth-order valence-corrected chi connectivity index (χ4v) is 11.8. The van der Waals surface area contributed by atoms with Gasteiger partial charge in [-0.15, -0.1) is 0 Å². The monoisotopic (exact) mass is 511 g/mol. The largest absolute Gasteiger partial charge is 0.481 e. The molecule has 5 rings (SSSR count). The highest BCUT2D eigenvalue weighted by molar-refractivity contribution is 5.92. The van der Waals surface area contributed by atoms with Gasteiger partial charge in [-0.3, -0.25) is 9.59 Å². The van der Waals surface area contributed by atoms with E-state index in [4.69, 9.17) is 6.57 Å². The Hall–Kier alpha value is -1.41. The zero-order valence-electron chi connectivity index (χ0n) is 24.2. The van der Waals surface area contributed by atoms with Crippen molar-refractivity contribution in [3.8, 4) is 0 Å². The van der Waals surface area contributed by atoms with Gasteiger partial charge in [0.1, 0.15) is 0 Å². The van der Waals surface area contributed by atoms with Crippen LogP contribution >= 0.6 is 0 Å². The minimum Gasteiger partial charge on any atom is -0.481 e. The number of aliphatic hydroxyl groups is 1. The maximum absolute atomic E-state index is 13.3. The first kappa shape index (κ1) is 27.2. The van der Waals surface area contributed by atoms with Crippen LogP contribution in [0.2, 0.25) is 0 Å². The van der Waals surface area contributed by atoms with Crippen LogP contribution in [0.3, 0.4) is 0 Å². The second-order valence-corrected chi connectivity index (χ2v) is 16.2. The zero-order chi connectivity index (χ0) is 27.4. The fourth-order valence-electron chi connectivity index (χ4n) is 11.8. The van der Waals surface area contributed by atoms with Crippen LogP contribution in [0, 0.1) is 62.7 Å². The van der Waals surface area contributed by atoms with Crippen LogP contribution in [0.1, 0.15) is 113 Å². The van der Waals surface area contributed by atoms with Crippen molar-refractivity contribution in [2.45, 2.75) is 125 Å². The summed E-state index contributed by atoms with van der Waals surface area (Å²) in [5, 5.41) is 22.1. The average Bonchev–Trinajstić information content (AvgIpc) is 2.78. The number of carboxylic acids is 1. The molecule has 0 saturated heterocycles. The normalized spacial score (nSPS) is 52.0. The molecule has 0 amide bonds. The molecule has 0 aliphatic heterocycles. The van der Waals surface area contributed by atoms with Crippen LogP contribution in [0.15, 0.2) is 0 Å². The number of fused-ring (bicyclic) bond motifs is 7. The van der Waals surface area contributed by atoms with E-state index >= 15 is 0 Å². The molecule has 0 heterocycles. The van der Waals surface area contributed by atoms with Crippen LogP contribution in [-0.4, -0.2) is 34.1 Å². The van der Waals surface area contributed by atoms with Crippen molar-refractivity contribution in [3.63, 3.8) is 0 Å². The van der Waals surface area contributed by atoms with Gasteiger partial charge in [0.15, 0.2) is 0 Å². The highest BCUT2D eigenvalue weighted by atomic mass is 16.4. The molecule has 37 heavy (non-hydrogen) atoms. The molecule has 5 aliphatic carbocycles. The number of Topliss-reactive ketones (excluding diaryl/α,β-unsaturated/α-hetero) is 1. The van der Waals surface area contributed by atoms with Crippen molar-refractivity contribution in [2.24, 2.45) is 56.2 Å². The Bertz CT molecular complexity index is 1040. The number of ketones is 1. The van der Waals surface area contributed by atoms with E-state index in [0.717, 1.165) is 44.9 Å². The Balaban J connectivity index is 1.59. The van der Waals surface area contributed by atoms with Gasteiger partial charge >= 0.3 is 5.97 Å². The molecule has 10 atom stereocenters. The maximum atomic E-state index is 13.3. The highest BCUT2D eigenvalue weighted by Gasteiger charge is 2.73. The first-order valence-electron chi connectivity index (χ1n) is 14.8. The smallest absolute Gasteiger partial charge is 0.303 e. The van der Waals surface area contributed by atoms with E-state index in [2.05, 4.69) is 53.3 Å². The van der Waals surface area contributed by atoms with E-state index in [0.29, 0.717) is 12.8 Å². The first-order chi connectivity index (χ1) is 17.0. The summed E-state index contributed by atoms with van der Waals surface area (Å²) in [5.74, 6) is 0.181. The lowest BCUT2D eigenvalue weighted by atomic mass is 9.30. The van der Waals surface area contributed by atoms with Gasteiger partial charge in [0.05, 0.1) is 12.5 Å². The number of rotatable bonds is 2. The van der Waals surface area contributed by atoms with Crippen LogP contribution in [0.5, 0.6) is 0 Å². The molecular formula is C32H49NO4. The van der Waals surface area contributed by atoms with Crippen LogP contribution in [0.25, 0.3) is 4.85 Å². The molecule has 2 N–H and O–H groups in total.